The Morgan fingerprint density at radius 1 is 1.30 bits per heavy atom. The summed E-state index contributed by atoms with van der Waals surface area (Å²) in [5.74, 6) is 0.218. The van der Waals surface area contributed by atoms with E-state index in [0.717, 1.165) is 19.4 Å². The molecule has 0 aromatic carbocycles. The van der Waals surface area contributed by atoms with Crippen LogP contribution in [0.15, 0.2) is 0 Å². The van der Waals surface area contributed by atoms with Gasteiger partial charge in [-0.3, -0.25) is 4.79 Å². The van der Waals surface area contributed by atoms with Crippen molar-refractivity contribution in [3.8, 4) is 0 Å². The van der Waals surface area contributed by atoms with E-state index < -0.39 is 15.4 Å². The molecule has 1 saturated heterocycles. The van der Waals surface area contributed by atoms with Gasteiger partial charge in [0.15, 0.2) is 9.84 Å². The van der Waals surface area contributed by atoms with Crippen LogP contribution in [0.5, 0.6) is 0 Å². The SMILES string of the molecule is CCNC(C)(CCCCN1CCS(=O)(=O)CC1)C(N)=O. The van der Waals surface area contributed by atoms with Crippen molar-refractivity contribution in [2.75, 3.05) is 37.7 Å². The Kier molecular flexibility index (Phi) is 6.42. The predicted molar refractivity (Wildman–Crippen MR) is 80.2 cm³/mol. The Bertz CT molecular complexity index is 411. The number of carbonyl (C=O) groups is 1. The number of rotatable bonds is 8. The van der Waals surface area contributed by atoms with Gasteiger partial charge in [-0.25, -0.2) is 8.42 Å². The van der Waals surface area contributed by atoms with Crippen LogP contribution in [-0.2, 0) is 14.6 Å². The highest BCUT2D eigenvalue weighted by Gasteiger charge is 2.29. The topological polar surface area (TPSA) is 92.5 Å². The monoisotopic (exact) mass is 305 g/mol. The van der Waals surface area contributed by atoms with Crippen LogP contribution in [0.2, 0.25) is 0 Å². The molecule has 0 saturated carbocycles. The fraction of sp³-hybridized carbons (Fsp3) is 0.923. The molecule has 6 nitrogen and oxygen atoms in total. The predicted octanol–water partition coefficient (Wildman–Crippen LogP) is -0.259. The largest absolute Gasteiger partial charge is 0.368 e. The molecule has 0 aromatic rings. The van der Waals surface area contributed by atoms with Crippen LogP contribution in [-0.4, -0.2) is 62.4 Å². The lowest BCUT2D eigenvalue weighted by Crippen LogP contribution is -2.53. The van der Waals surface area contributed by atoms with Gasteiger partial charge in [-0.05, 0) is 39.3 Å². The highest BCUT2D eigenvalue weighted by atomic mass is 32.2. The second-order valence-corrected chi connectivity index (χ2v) is 7.98. The maximum absolute atomic E-state index is 11.5. The minimum atomic E-state index is -2.80. The maximum atomic E-state index is 11.5. The van der Waals surface area contributed by atoms with Gasteiger partial charge in [0.2, 0.25) is 5.91 Å². The van der Waals surface area contributed by atoms with Gasteiger partial charge in [0.05, 0.1) is 17.0 Å². The third-order valence-corrected chi connectivity index (χ3v) is 5.56. The number of unbranched alkanes of at least 4 members (excludes halogenated alkanes) is 1. The lowest BCUT2D eigenvalue weighted by atomic mass is 9.94. The number of primary amides is 1. The van der Waals surface area contributed by atoms with Gasteiger partial charge in [0.25, 0.3) is 0 Å². The summed E-state index contributed by atoms with van der Waals surface area (Å²) in [6.07, 6.45) is 2.56. The van der Waals surface area contributed by atoms with Crippen molar-refractivity contribution in [3.05, 3.63) is 0 Å². The van der Waals surface area contributed by atoms with Crippen molar-refractivity contribution in [1.82, 2.24) is 10.2 Å². The van der Waals surface area contributed by atoms with E-state index in [2.05, 4.69) is 10.2 Å². The molecular weight excluding hydrogens is 278 g/mol. The van der Waals surface area contributed by atoms with Crippen LogP contribution in [0.3, 0.4) is 0 Å². The molecule has 1 atom stereocenters. The summed E-state index contributed by atoms with van der Waals surface area (Å²) in [5, 5.41) is 3.14. The third-order valence-electron chi connectivity index (χ3n) is 3.95. The molecule has 20 heavy (non-hydrogen) atoms. The molecule has 118 valence electrons. The van der Waals surface area contributed by atoms with E-state index in [9.17, 15) is 13.2 Å². The fourth-order valence-electron chi connectivity index (χ4n) is 2.48. The van der Waals surface area contributed by atoms with Crippen molar-refractivity contribution < 1.29 is 13.2 Å². The molecule has 7 heteroatoms. The summed E-state index contributed by atoms with van der Waals surface area (Å²) in [6, 6.07) is 0. The summed E-state index contributed by atoms with van der Waals surface area (Å²) >= 11 is 0. The Labute approximate surface area is 122 Å². The molecule has 0 radical (unpaired) electrons. The van der Waals surface area contributed by atoms with Crippen LogP contribution < -0.4 is 11.1 Å². The van der Waals surface area contributed by atoms with Gasteiger partial charge in [0, 0.05) is 13.1 Å². The smallest absolute Gasteiger partial charge is 0.237 e. The Balaban J connectivity index is 2.26. The molecule has 1 amide bonds. The summed E-state index contributed by atoms with van der Waals surface area (Å²) in [6.45, 7) is 6.65. The molecule has 0 spiro atoms. The standard InChI is InChI=1S/C13H27N3O3S/c1-3-15-13(2,12(14)17)6-4-5-7-16-8-10-20(18,19)11-9-16/h15H,3-11H2,1-2H3,(H2,14,17). The lowest BCUT2D eigenvalue weighted by Gasteiger charge is -2.29. The Morgan fingerprint density at radius 2 is 1.90 bits per heavy atom. The van der Waals surface area contributed by atoms with Crippen LogP contribution >= 0.6 is 0 Å². The quantitative estimate of drug-likeness (QED) is 0.603. The summed E-state index contributed by atoms with van der Waals surface area (Å²) < 4.78 is 22.6. The molecule has 1 rings (SSSR count). The molecule has 1 aliphatic heterocycles. The molecule has 0 bridgehead atoms. The lowest BCUT2D eigenvalue weighted by molar-refractivity contribution is -0.124. The zero-order valence-corrected chi connectivity index (χ0v) is 13.3. The van der Waals surface area contributed by atoms with Crippen molar-refractivity contribution in [3.63, 3.8) is 0 Å². The molecule has 1 unspecified atom stereocenters. The molecule has 0 aromatic heterocycles. The van der Waals surface area contributed by atoms with E-state index in [-0.39, 0.29) is 17.4 Å². The number of nitrogens with two attached hydrogens (primary N) is 1. The first-order valence-electron chi connectivity index (χ1n) is 7.27. The van der Waals surface area contributed by atoms with Gasteiger partial charge in [-0.1, -0.05) is 6.92 Å². The van der Waals surface area contributed by atoms with Crippen molar-refractivity contribution in [1.29, 1.82) is 0 Å². The second kappa shape index (κ2) is 7.38. The van der Waals surface area contributed by atoms with Gasteiger partial charge in [-0.15, -0.1) is 0 Å². The zero-order valence-electron chi connectivity index (χ0n) is 12.5. The molecule has 1 heterocycles. The molecule has 3 N–H and O–H groups in total. The van der Waals surface area contributed by atoms with Gasteiger partial charge in [0.1, 0.15) is 0 Å². The van der Waals surface area contributed by atoms with E-state index in [0.29, 0.717) is 26.1 Å². The molecule has 1 fully saturated rings. The van der Waals surface area contributed by atoms with Gasteiger partial charge >= 0.3 is 0 Å². The summed E-state index contributed by atoms with van der Waals surface area (Å²) in [5.41, 5.74) is 4.79. The third kappa shape index (κ3) is 5.38. The van der Waals surface area contributed by atoms with E-state index in [4.69, 9.17) is 5.73 Å². The number of carbonyl (C=O) groups excluding carboxylic acids is 1. The number of hydrogen-bond acceptors (Lipinski definition) is 5. The van der Waals surface area contributed by atoms with E-state index in [1.807, 2.05) is 13.8 Å². The molecule has 1 aliphatic rings. The summed E-state index contributed by atoms with van der Waals surface area (Å²) in [7, 11) is -2.80. The number of likely N-dealkylation sites (N-methyl/N-ethyl adjacent to an activating group) is 1. The zero-order chi connectivity index (χ0) is 15.2. The first-order valence-corrected chi connectivity index (χ1v) is 9.09. The maximum Gasteiger partial charge on any atom is 0.237 e. The average molecular weight is 305 g/mol. The molecule has 0 aliphatic carbocycles. The van der Waals surface area contributed by atoms with Crippen LogP contribution in [0.1, 0.15) is 33.1 Å². The number of hydrogen-bond donors (Lipinski definition) is 2. The van der Waals surface area contributed by atoms with Crippen molar-refractivity contribution in [2.45, 2.75) is 38.6 Å². The number of amides is 1. The van der Waals surface area contributed by atoms with Gasteiger partial charge in [-0.2, -0.15) is 0 Å². The van der Waals surface area contributed by atoms with E-state index in [1.54, 1.807) is 0 Å². The number of sulfone groups is 1. The molecular formula is C13H27N3O3S. The number of nitrogens with one attached hydrogen (secondary N) is 1. The Hall–Kier alpha value is -0.660. The summed E-state index contributed by atoms with van der Waals surface area (Å²) in [4.78, 5) is 13.6. The van der Waals surface area contributed by atoms with Crippen LogP contribution in [0, 0.1) is 0 Å². The average Bonchev–Trinajstić information content (AvgIpc) is 2.36. The van der Waals surface area contributed by atoms with Crippen LogP contribution in [0.4, 0.5) is 0 Å². The first-order chi connectivity index (χ1) is 9.29. The normalized spacial score (nSPS) is 22.3. The Morgan fingerprint density at radius 3 is 2.40 bits per heavy atom. The van der Waals surface area contributed by atoms with E-state index in [1.165, 1.54) is 0 Å². The van der Waals surface area contributed by atoms with E-state index >= 15 is 0 Å². The first kappa shape index (κ1) is 17.4. The highest BCUT2D eigenvalue weighted by Crippen LogP contribution is 2.14. The minimum absolute atomic E-state index is 0.267. The number of nitrogens with zero attached hydrogens (tertiary/aromatic N) is 1. The highest BCUT2D eigenvalue weighted by molar-refractivity contribution is 7.91. The van der Waals surface area contributed by atoms with Crippen molar-refractivity contribution >= 4 is 15.7 Å². The van der Waals surface area contributed by atoms with Crippen molar-refractivity contribution in [2.24, 2.45) is 5.73 Å². The fourth-order valence-corrected chi connectivity index (χ4v) is 3.75. The van der Waals surface area contributed by atoms with Crippen LogP contribution in [0.25, 0.3) is 0 Å². The van der Waals surface area contributed by atoms with Gasteiger partial charge < -0.3 is 16.0 Å². The minimum Gasteiger partial charge on any atom is -0.368 e. The second-order valence-electron chi connectivity index (χ2n) is 5.68.